The maximum absolute atomic E-state index is 13.4. The molecule has 1 heterocycles. The van der Waals surface area contributed by atoms with Gasteiger partial charge < -0.3 is 14.6 Å². The number of hydrogen-bond acceptors (Lipinski definition) is 3. The first-order valence-corrected chi connectivity index (χ1v) is 13.9. The zero-order chi connectivity index (χ0) is 24.7. The van der Waals surface area contributed by atoms with Crippen molar-refractivity contribution in [2.45, 2.75) is 71.8 Å². The van der Waals surface area contributed by atoms with Crippen LogP contribution in [0.4, 0.5) is 0 Å². The van der Waals surface area contributed by atoms with Crippen molar-refractivity contribution in [2.75, 3.05) is 13.2 Å². The van der Waals surface area contributed by atoms with Gasteiger partial charge in [-0.25, -0.2) is 4.98 Å². The quantitative estimate of drug-likeness (QED) is 0.378. The van der Waals surface area contributed by atoms with Gasteiger partial charge in [0.1, 0.15) is 11.6 Å². The summed E-state index contributed by atoms with van der Waals surface area (Å²) in [5, 5.41) is 3.34. The predicted octanol–water partition coefficient (Wildman–Crippen LogP) is 6.00. The number of rotatable bonds is 9. The van der Waals surface area contributed by atoms with Crippen LogP contribution in [0.25, 0.3) is 11.0 Å². The minimum Gasteiger partial charge on any atom is -0.493 e. The van der Waals surface area contributed by atoms with E-state index in [1.807, 2.05) is 6.07 Å². The predicted molar refractivity (Wildman–Crippen MR) is 143 cm³/mol. The van der Waals surface area contributed by atoms with Crippen LogP contribution < -0.4 is 10.1 Å². The topological polar surface area (TPSA) is 56.1 Å². The van der Waals surface area contributed by atoms with E-state index < -0.39 is 0 Å². The maximum atomic E-state index is 13.4. The highest BCUT2D eigenvalue weighted by atomic mass is 16.5. The number of aromatic nitrogens is 2. The molecule has 36 heavy (non-hydrogen) atoms. The van der Waals surface area contributed by atoms with E-state index in [4.69, 9.17) is 9.72 Å². The average Bonchev–Trinajstić information content (AvgIpc) is 3.20. The van der Waals surface area contributed by atoms with E-state index in [0.29, 0.717) is 19.1 Å². The normalized spacial score (nSPS) is 26.4. The number of para-hydroxylation sites is 2. The largest absolute Gasteiger partial charge is 0.493 e. The summed E-state index contributed by atoms with van der Waals surface area (Å²) in [5.41, 5.74) is 4.49. The van der Waals surface area contributed by atoms with Gasteiger partial charge in [0.15, 0.2) is 0 Å². The molecule has 0 radical (unpaired) electrons. The van der Waals surface area contributed by atoms with Gasteiger partial charge in [0.05, 0.1) is 17.6 Å². The number of carbonyl (C=O) groups is 1. The molecule has 4 saturated carbocycles. The van der Waals surface area contributed by atoms with Crippen molar-refractivity contribution >= 4 is 16.9 Å². The van der Waals surface area contributed by atoms with Crippen LogP contribution in [0, 0.1) is 37.0 Å². The van der Waals surface area contributed by atoms with Gasteiger partial charge in [-0.1, -0.05) is 24.3 Å². The van der Waals surface area contributed by atoms with Crippen LogP contribution in [-0.2, 0) is 17.8 Å². The number of nitrogens with one attached hydrogen (secondary N) is 1. The Kier molecular flexibility index (Phi) is 6.27. The zero-order valence-electron chi connectivity index (χ0n) is 21.8. The first-order chi connectivity index (χ1) is 17.5. The number of aryl methyl sites for hydroxylation is 3. The second-order valence-corrected chi connectivity index (χ2v) is 11.8. The number of ether oxygens (including phenoxy) is 1. The fraction of sp³-hybridized carbons (Fsp3) is 0.548. The van der Waals surface area contributed by atoms with E-state index in [0.717, 1.165) is 79.0 Å². The van der Waals surface area contributed by atoms with Crippen LogP contribution in [0.2, 0.25) is 0 Å². The molecule has 3 aromatic rings. The van der Waals surface area contributed by atoms with Crippen LogP contribution in [0.5, 0.6) is 5.75 Å². The molecular weight excluding hydrogens is 446 g/mol. The number of nitrogens with zero attached hydrogens (tertiary/aromatic N) is 2. The summed E-state index contributed by atoms with van der Waals surface area (Å²) in [4.78, 5) is 18.3. The standard InChI is InChI=1S/C31H39N3O2/c1-21-8-9-22(2)28(14-21)36-13-5-12-34-27-7-4-3-6-26(27)33-29(34)10-11-32-30(35)31-18-23-15-24(19-31)17-25(16-23)20-31/h3-4,6-9,14,23-25H,5,10-13,15-20H2,1-2H3,(H,32,35). The van der Waals surface area contributed by atoms with Gasteiger partial charge in [0.2, 0.25) is 5.91 Å². The molecule has 1 amide bonds. The van der Waals surface area contributed by atoms with Gasteiger partial charge in [-0.05, 0) is 106 Å². The lowest BCUT2D eigenvalue weighted by atomic mass is 9.49. The van der Waals surface area contributed by atoms with Crippen LogP contribution >= 0.6 is 0 Å². The first kappa shape index (κ1) is 23.6. The third-order valence-electron chi connectivity index (χ3n) is 9.01. The molecule has 4 aliphatic carbocycles. The molecule has 1 N–H and O–H groups in total. The fourth-order valence-corrected chi connectivity index (χ4v) is 7.70. The van der Waals surface area contributed by atoms with Gasteiger partial charge in [-0.2, -0.15) is 0 Å². The van der Waals surface area contributed by atoms with Crippen molar-refractivity contribution in [3.8, 4) is 5.75 Å². The monoisotopic (exact) mass is 485 g/mol. The number of imidazole rings is 1. The Morgan fingerprint density at radius 2 is 1.78 bits per heavy atom. The minimum absolute atomic E-state index is 0.0832. The summed E-state index contributed by atoms with van der Waals surface area (Å²) in [6.07, 6.45) is 9.10. The lowest BCUT2D eigenvalue weighted by Gasteiger charge is -2.55. The second kappa shape index (κ2) is 9.57. The molecular formula is C31H39N3O2. The molecule has 2 aromatic carbocycles. The second-order valence-electron chi connectivity index (χ2n) is 11.8. The summed E-state index contributed by atoms with van der Waals surface area (Å²) in [7, 11) is 0. The number of benzene rings is 2. The summed E-state index contributed by atoms with van der Waals surface area (Å²) in [6.45, 7) is 6.36. The van der Waals surface area contributed by atoms with Crippen molar-refractivity contribution in [2.24, 2.45) is 23.2 Å². The van der Waals surface area contributed by atoms with Crippen LogP contribution in [0.3, 0.4) is 0 Å². The van der Waals surface area contributed by atoms with Gasteiger partial charge in [-0.15, -0.1) is 0 Å². The minimum atomic E-state index is -0.0832. The summed E-state index contributed by atoms with van der Waals surface area (Å²) >= 11 is 0. The Labute approximate surface area is 214 Å². The molecule has 5 nitrogen and oxygen atoms in total. The zero-order valence-corrected chi connectivity index (χ0v) is 21.8. The number of fused-ring (bicyclic) bond motifs is 1. The molecule has 0 spiro atoms. The molecule has 4 bridgehead atoms. The first-order valence-electron chi connectivity index (χ1n) is 13.9. The molecule has 7 rings (SSSR count). The Bertz CT molecular complexity index is 1220. The highest BCUT2D eigenvalue weighted by molar-refractivity contribution is 5.83. The Balaban J connectivity index is 1.08. The van der Waals surface area contributed by atoms with E-state index >= 15 is 0 Å². The molecule has 0 aliphatic heterocycles. The van der Waals surface area contributed by atoms with E-state index in [2.05, 4.69) is 60.1 Å². The van der Waals surface area contributed by atoms with Gasteiger partial charge in [-0.3, -0.25) is 4.79 Å². The average molecular weight is 486 g/mol. The third-order valence-corrected chi connectivity index (χ3v) is 9.01. The molecule has 4 fully saturated rings. The molecule has 0 unspecified atom stereocenters. The maximum Gasteiger partial charge on any atom is 0.226 e. The van der Waals surface area contributed by atoms with Crippen molar-refractivity contribution in [1.29, 1.82) is 0 Å². The SMILES string of the molecule is Cc1ccc(C)c(OCCCn2c(CCNC(=O)C34CC5CC(CC(C5)C3)C4)nc3ccccc32)c1. The van der Waals surface area contributed by atoms with Crippen LogP contribution in [-0.4, -0.2) is 28.6 Å². The van der Waals surface area contributed by atoms with E-state index in [1.54, 1.807) is 0 Å². The Morgan fingerprint density at radius 3 is 2.53 bits per heavy atom. The van der Waals surface area contributed by atoms with E-state index in [1.165, 1.54) is 30.4 Å². The molecule has 0 saturated heterocycles. The third kappa shape index (κ3) is 4.53. The summed E-state index contributed by atoms with van der Waals surface area (Å²) in [6, 6.07) is 14.7. The fourth-order valence-electron chi connectivity index (χ4n) is 7.70. The number of hydrogen-bond donors (Lipinski definition) is 1. The van der Waals surface area contributed by atoms with E-state index in [9.17, 15) is 4.79 Å². The van der Waals surface area contributed by atoms with Gasteiger partial charge in [0, 0.05) is 24.9 Å². The van der Waals surface area contributed by atoms with Gasteiger partial charge >= 0.3 is 0 Å². The highest BCUT2D eigenvalue weighted by Gasteiger charge is 2.54. The Morgan fingerprint density at radius 1 is 1.06 bits per heavy atom. The smallest absolute Gasteiger partial charge is 0.226 e. The van der Waals surface area contributed by atoms with Crippen LogP contribution in [0.15, 0.2) is 42.5 Å². The van der Waals surface area contributed by atoms with E-state index in [-0.39, 0.29) is 5.41 Å². The van der Waals surface area contributed by atoms with Gasteiger partial charge in [0.25, 0.3) is 0 Å². The lowest BCUT2D eigenvalue weighted by molar-refractivity contribution is -0.146. The molecule has 190 valence electrons. The highest BCUT2D eigenvalue weighted by Crippen LogP contribution is 2.60. The molecule has 4 aliphatic rings. The van der Waals surface area contributed by atoms with Crippen LogP contribution in [0.1, 0.15) is 61.9 Å². The summed E-state index contributed by atoms with van der Waals surface area (Å²) < 4.78 is 8.42. The van der Waals surface area contributed by atoms with Crippen molar-refractivity contribution in [3.05, 3.63) is 59.4 Å². The Hall–Kier alpha value is -2.82. The summed E-state index contributed by atoms with van der Waals surface area (Å²) in [5.74, 6) is 4.70. The molecule has 0 atom stereocenters. The molecule has 5 heteroatoms. The number of amides is 1. The van der Waals surface area contributed by atoms with Crippen molar-refractivity contribution in [3.63, 3.8) is 0 Å². The van der Waals surface area contributed by atoms with Crippen molar-refractivity contribution in [1.82, 2.24) is 14.9 Å². The van der Waals surface area contributed by atoms with Crippen molar-refractivity contribution < 1.29 is 9.53 Å². The number of carbonyl (C=O) groups excluding carboxylic acids is 1. The molecule has 1 aromatic heterocycles. The lowest BCUT2D eigenvalue weighted by Crippen LogP contribution is -2.53.